The molecule has 0 saturated carbocycles. The molecule has 4 nitrogen and oxygen atoms in total. The van der Waals surface area contributed by atoms with Crippen molar-refractivity contribution < 1.29 is 8.42 Å². The van der Waals surface area contributed by atoms with Crippen LogP contribution in [0.4, 0.5) is 0 Å². The third-order valence-corrected chi connectivity index (χ3v) is 6.53. The van der Waals surface area contributed by atoms with Crippen molar-refractivity contribution in [3.8, 4) is 0 Å². The maximum atomic E-state index is 12.2. The molecule has 1 atom stereocenters. The summed E-state index contributed by atoms with van der Waals surface area (Å²) in [4.78, 5) is 2.34. The van der Waals surface area contributed by atoms with E-state index in [1.807, 2.05) is 0 Å². The lowest BCUT2D eigenvalue weighted by atomic mass is 10.1. The first kappa shape index (κ1) is 17.9. The van der Waals surface area contributed by atoms with Gasteiger partial charge in [0.05, 0.1) is 10.5 Å². The summed E-state index contributed by atoms with van der Waals surface area (Å²) in [6.07, 6.45) is 2.34. The fourth-order valence-corrected chi connectivity index (χ4v) is 3.48. The van der Waals surface area contributed by atoms with Gasteiger partial charge in [-0.25, -0.2) is 8.42 Å². The summed E-state index contributed by atoms with van der Waals surface area (Å²) < 4.78 is 23.7. The van der Waals surface area contributed by atoms with Crippen molar-refractivity contribution >= 4 is 9.84 Å². The normalized spacial score (nSPS) is 22.4. The van der Waals surface area contributed by atoms with Crippen LogP contribution in [-0.2, 0) is 9.84 Å². The molecule has 1 fully saturated rings. The number of hydrogen-bond acceptors (Lipinski definition) is 4. The third kappa shape index (κ3) is 5.34. The van der Waals surface area contributed by atoms with Crippen molar-refractivity contribution in [3.05, 3.63) is 0 Å². The van der Waals surface area contributed by atoms with Gasteiger partial charge in [-0.3, -0.25) is 4.90 Å². The Kier molecular flexibility index (Phi) is 5.67. The molecule has 0 bridgehead atoms. The van der Waals surface area contributed by atoms with Crippen LogP contribution in [0.5, 0.6) is 0 Å². The second kappa shape index (κ2) is 6.32. The van der Waals surface area contributed by atoms with E-state index in [1.165, 1.54) is 12.8 Å². The van der Waals surface area contributed by atoms with Gasteiger partial charge in [0, 0.05) is 24.7 Å². The van der Waals surface area contributed by atoms with E-state index in [0.29, 0.717) is 12.6 Å². The zero-order valence-corrected chi connectivity index (χ0v) is 14.8. The van der Waals surface area contributed by atoms with Crippen molar-refractivity contribution in [2.24, 2.45) is 0 Å². The Balaban J connectivity index is 2.51. The molecule has 1 aliphatic heterocycles. The van der Waals surface area contributed by atoms with Gasteiger partial charge < -0.3 is 5.32 Å². The van der Waals surface area contributed by atoms with E-state index in [9.17, 15) is 8.42 Å². The van der Waals surface area contributed by atoms with E-state index in [2.05, 4.69) is 31.0 Å². The van der Waals surface area contributed by atoms with E-state index in [4.69, 9.17) is 0 Å². The van der Waals surface area contributed by atoms with Crippen molar-refractivity contribution in [2.75, 3.05) is 25.4 Å². The fraction of sp³-hybridized carbons (Fsp3) is 1.00. The average molecular weight is 305 g/mol. The van der Waals surface area contributed by atoms with Crippen molar-refractivity contribution in [1.82, 2.24) is 10.2 Å². The van der Waals surface area contributed by atoms with Gasteiger partial charge in [0.2, 0.25) is 0 Å². The van der Waals surface area contributed by atoms with Crippen molar-refractivity contribution in [1.29, 1.82) is 0 Å². The van der Waals surface area contributed by atoms with Gasteiger partial charge in [0.15, 0.2) is 9.84 Å². The number of rotatable bonds is 5. The van der Waals surface area contributed by atoms with E-state index < -0.39 is 14.6 Å². The molecule has 1 heterocycles. The van der Waals surface area contributed by atoms with Crippen LogP contribution >= 0.6 is 0 Å². The highest BCUT2D eigenvalue weighted by atomic mass is 32.2. The largest absolute Gasteiger partial charge is 0.311 e. The fourth-order valence-electron chi connectivity index (χ4n) is 2.39. The molecule has 1 unspecified atom stereocenters. The molecule has 0 aromatic rings. The van der Waals surface area contributed by atoms with E-state index >= 15 is 0 Å². The molecule has 1 rings (SSSR count). The molecule has 1 saturated heterocycles. The quantitative estimate of drug-likeness (QED) is 0.844. The van der Waals surface area contributed by atoms with Crippen LogP contribution in [0.1, 0.15) is 54.4 Å². The summed E-state index contributed by atoms with van der Waals surface area (Å²) in [6, 6.07) is 0.476. The molecule has 120 valence electrons. The van der Waals surface area contributed by atoms with Crippen LogP contribution in [0.3, 0.4) is 0 Å². The van der Waals surface area contributed by atoms with Gasteiger partial charge in [0.1, 0.15) is 0 Å². The Morgan fingerprint density at radius 2 is 1.75 bits per heavy atom. The predicted molar refractivity (Wildman–Crippen MR) is 85.9 cm³/mol. The van der Waals surface area contributed by atoms with Gasteiger partial charge in [-0.05, 0) is 60.9 Å². The molecule has 0 spiro atoms. The average Bonchev–Trinajstić information content (AvgIpc) is 2.68. The maximum Gasteiger partial charge on any atom is 0.156 e. The summed E-state index contributed by atoms with van der Waals surface area (Å²) >= 11 is 0. The Hall–Kier alpha value is -0.130. The smallest absolute Gasteiger partial charge is 0.156 e. The highest BCUT2D eigenvalue weighted by Crippen LogP contribution is 2.20. The molecule has 20 heavy (non-hydrogen) atoms. The first-order valence-corrected chi connectivity index (χ1v) is 9.29. The van der Waals surface area contributed by atoms with Crippen LogP contribution in [0.25, 0.3) is 0 Å². The van der Waals surface area contributed by atoms with E-state index in [0.717, 1.165) is 13.1 Å². The van der Waals surface area contributed by atoms with Gasteiger partial charge in [-0.15, -0.1) is 0 Å². The van der Waals surface area contributed by atoms with E-state index in [1.54, 1.807) is 20.8 Å². The molecule has 0 aromatic carbocycles. The molecular weight excluding hydrogens is 272 g/mol. The second-order valence-corrected chi connectivity index (χ2v) is 10.8. The topological polar surface area (TPSA) is 49.4 Å². The molecule has 5 heteroatoms. The Labute approximate surface area is 125 Å². The number of nitrogens with one attached hydrogen (secondary N) is 1. The van der Waals surface area contributed by atoms with Gasteiger partial charge in [-0.2, -0.15) is 0 Å². The lowest BCUT2D eigenvalue weighted by Crippen LogP contribution is -2.46. The van der Waals surface area contributed by atoms with Gasteiger partial charge >= 0.3 is 0 Å². The SMILES string of the molecule is CC(C)(C)NCC1CCCN1CCS(=O)(=O)C(C)(C)C. The Bertz CT molecular complexity index is 405. The first-order valence-electron chi connectivity index (χ1n) is 7.64. The molecular formula is C15H32N2O2S. The van der Waals surface area contributed by atoms with Crippen molar-refractivity contribution in [3.63, 3.8) is 0 Å². The highest BCUT2D eigenvalue weighted by molar-refractivity contribution is 7.92. The maximum absolute atomic E-state index is 12.2. The third-order valence-electron chi connectivity index (χ3n) is 3.95. The van der Waals surface area contributed by atoms with Crippen LogP contribution in [0, 0.1) is 0 Å². The minimum Gasteiger partial charge on any atom is -0.311 e. The predicted octanol–water partition coefficient (Wildman–Crippen LogP) is 2.05. The summed E-state index contributed by atoms with van der Waals surface area (Å²) in [7, 11) is -3.01. The number of sulfone groups is 1. The standard InChI is InChI=1S/C15H32N2O2S/c1-14(2,3)16-12-13-8-7-9-17(13)10-11-20(18,19)15(4,5)6/h13,16H,7-12H2,1-6H3. The minimum atomic E-state index is -3.01. The van der Waals surface area contributed by atoms with Gasteiger partial charge in [0.25, 0.3) is 0 Å². The molecule has 0 amide bonds. The molecule has 1 aliphatic rings. The molecule has 0 aromatic heterocycles. The van der Waals surface area contributed by atoms with Gasteiger partial charge in [-0.1, -0.05) is 0 Å². The number of hydrogen-bond donors (Lipinski definition) is 1. The highest BCUT2D eigenvalue weighted by Gasteiger charge is 2.31. The zero-order valence-electron chi connectivity index (χ0n) is 14.0. The van der Waals surface area contributed by atoms with Crippen LogP contribution in [0.15, 0.2) is 0 Å². The monoisotopic (exact) mass is 304 g/mol. The molecule has 1 N–H and O–H groups in total. The lowest BCUT2D eigenvalue weighted by molar-refractivity contribution is 0.244. The van der Waals surface area contributed by atoms with Crippen LogP contribution in [0.2, 0.25) is 0 Å². The summed E-state index contributed by atoms with van der Waals surface area (Å²) in [5.74, 6) is 0.266. The van der Waals surface area contributed by atoms with Crippen LogP contribution in [-0.4, -0.2) is 55.0 Å². The number of likely N-dealkylation sites (tertiary alicyclic amines) is 1. The molecule has 0 radical (unpaired) electrons. The second-order valence-electron chi connectivity index (χ2n) is 7.89. The van der Waals surface area contributed by atoms with Crippen LogP contribution < -0.4 is 5.32 Å². The Morgan fingerprint density at radius 3 is 2.25 bits per heavy atom. The van der Waals surface area contributed by atoms with E-state index in [-0.39, 0.29) is 11.3 Å². The minimum absolute atomic E-state index is 0.117. The summed E-state index contributed by atoms with van der Waals surface area (Å²) in [5, 5.41) is 3.53. The van der Waals surface area contributed by atoms with Crippen molar-refractivity contribution in [2.45, 2.75) is 70.7 Å². The molecule has 0 aliphatic carbocycles. The Morgan fingerprint density at radius 1 is 1.15 bits per heavy atom. The zero-order chi connectivity index (χ0) is 15.6. The number of nitrogens with zero attached hydrogens (tertiary/aromatic N) is 1. The first-order chi connectivity index (χ1) is 8.92. The summed E-state index contributed by atoms with van der Waals surface area (Å²) in [5.41, 5.74) is 0.117. The lowest BCUT2D eigenvalue weighted by Gasteiger charge is -2.29. The summed E-state index contributed by atoms with van der Waals surface area (Å²) in [6.45, 7) is 14.5.